The van der Waals surface area contributed by atoms with Crippen molar-refractivity contribution >= 4 is 0 Å². The third kappa shape index (κ3) is 4.68. The summed E-state index contributed by atoms with van der Waals surface area (Å²) in [6.45, 7) is 2.66. The molecule has 0 amide bonds. The topological polar surface area (TPSA) is 50.7 Å². The molecule has 2 rings (SSSR count). The predicted octanol–water partition coefficient (Wildman–Crippen LogP) is 3.06. The molecular weight excluding hydrogens is 297 g/mol. The van der Waals surface area contributed by atoms with Gasteiger partial charge in [0.25, 0.3) is 0 Å². The van der Waals surface area contributed by atoms with E-state index in [1.807, 2.05) is 31.2 Å². The first kappa shape index (κ1) is 17.2. The highest BCUT2D eigenvalue weighted by Crippen LogP contribution is 2.23. The quantitative estimate of drug-likeness (QED) is 0.785. The van der Waals surface area contributed by atoms with Gasteiger partial charge in [-0.3, -0.25) is 0 Å². The van der Waals surface area contributed by atoms with Crippen molar-refractivity contribution in [3.05, 3.63) is 59.4 Å². The molecule has 0 aliphatic rings. The Morgan fingerprint density at radius 1 is 1.22 bits per heavy atom. The first-order valence-corrected chi connectivity index (χ1v) is 7.54. The van der Waals surface area contributed by atoms with Gasteiger partial charge in [0, 0.05) is 29.8 Å². The molecule has 2 N–H and O–H groups in total. The van der Waals surface area contributed by atoms with Crippen molar-refractivity contribution in [2.24, 2.45) is 0 Å². The molecule has 1 atom stereocenters. The summed E-state index contributed by atoms with van der Waals surface area (Å²) in [7, 11) is 1.51. The lowest BCUT2D eigenvalue weighted by Crippen LogP contribution is -2.19. The van der Waals surface area contributed by atoms with Gasteiger partial charge in [-0.25, -0.2) is 4.39 Å². The molecule has 0 saturated heterocycles. The lowest BCUT2D eigenvalue weighted by Gasteiger charge is -2.17. The van der Waals surface area contributed by atoms with E-state index in [1.54, 1.807) is 12.1 Å². The summed E-state index contributed by atoms with van der Waals surface area (Å²) < 4.78 is 24.6. The second-order valence-corrected chi connectivity index (χ2v) is 5.17. The normalized spacial score (nSPS) is 12.0. The molecule has 5 heteroatoms. The molecule has 0 fully saturated rings. The number of halogens is 1. The molecule has 0 radical (unpaired) electrons. The van der Waals surface area contributed by atoms with E-state index in [1.165, 1.54) is 13.2 Å². The first-order valence-electron chi connectivity index (χ1n) is 7.54. The minimum Gasteiger partial charge on any atom is -0.497 e. The maximum absolute atomic E-state index is 14.1. The molecule has 2 aromatic carbocycles. The zero-order valence-electron chi connectivity index (χ0n) is 13.4. The van der Waals surface area contributed by atoms with E-state index in [2.05, 4.69) is 5.32 Å². The van der Waals surface area contributed by atoms with Crippen LogP contribution in [-0.2, 0) is 6.54 Å². The minimum atomic E-state index is -0.297. The molecule has 0 aliphatic carbocycles. The molecule has 0 aromatic heterocycles. The summed E-state index contributed by atoms with van der Waals surface area (Å²) in [4.78, 5) is 0. The van der Waals surface area contributed by atoms with Crippen LogP contribution in [0.25, 0.3) is 0 Å². The number of nitrogens with one attached hydrogen (secondary N) is 1. The van der Waals surface area contributed by atoms with Crippen molar-refractivity contribution in [1.29, 1.82) is 0 Å². The number of methoxy groups -OCH3 is 1. The van der Waals surface area contributed by atoms with Crippen molar-refractivity contribution in [3.63, 3.8) is 0 Å². The molecule has 2 aromatic rings. The van der Waals surface area contributed by atoms with Crippen LogP contribution in [-0.4, -0.2) is 25.4 Å². The Bertz CT molecular complexity index is 633. The Kier molecular flexibility index (Phi) is 6.38. The van der Waals surface area contributed by atoms with E-state index < -0.39 is 0 Å². The van der Waals surface area contributed by atoms with Gasteiger partial charge >= 0.3 is 0 Å². The van der Waals surface area contributed by atoms with Gasteiger partial charge in [0.2, 0.25) is 0 Å². The molecule has 4 nitrogen and oxygen atoms in total. The Balaban J connectivity index is 2.03. The van der Waals surface area contributed by atoms with Crippen molar-refractivity contribution < 1.29 is 19.0 Å². The third-order valence-corrected chi connectivity index (χ3v) is 3.59. The van der Waals surface area contributed by atoms with Crippen LogP contribution >= 0.6 is 0 Å². The van der Waals surface area contributed by atoms with Crippen molar-refractivity contribution in [2.45, 2.75) is 19.5 Å². The summed E-state index contributed by atoms with van der Waals surface area (Å²) in [5.74, 6) is 0.923. The average molecular weight is 319 g/mol. The van der Waals surface area contributed by atoms with Crippen LogP contribution in [0, 0.1) is 5.82 Å². The van der Waals surface area contributed by atoms with Gasteiger partial charge in [-0.1, -0.05) is 24.3 Å². The van der Waals surface area contributed by atoms with Crippen molar-refractivity contribution in [2.75, 3.05) is 20.3 Å². The Hall–Kier alpha value is -2.11. The van der Waals surface area contributed by atoms with Gasteiger partial charge < -0.3 is 19.9 Å². The number of aliphatic hydroxyl groups is 1. The smallest absolute Gasteiger partial charge is 0.131 e. The monoisotopic (exact) mass is 319 g/mol. The molecule has 0 aliphatic heterocycles. The largest absolute Gasteiger partial charge is 0.497 e. The summed E-state index contributed by atoms with van der Waals surface area (Å²) in [6, 6.07) is 12.3. The second-order valence-electron chi connectivity index (χ2n) is 5.17. The average Bonchev–Trinajstić information content (AvgIpc) is 2.58. The van der Waals surface area contributed by atoms with Crippen LogP contribution in [0.2, 0.25) is 0 Å². The van der Waals surface area contributed by atoms with Crippen LogP contribution in [0.3, 0.4) is 0 Å². The van der Waals surface area contributed by atoms with Crippen molar-refractivity contribution in [3.8, 4) is 11.5 Å². The maximum atomic E-state index is 14.1. The number of para-hydroxylation sites is 1. The molecule has 23 heavy (non-hydrogen) atoms. The van der Waals surface area contributed by atoms with Gasteiger partial charge in [-0.05, 0) is 19.1 Å². The number of rotatable bonds is 8. The number of hydrogen-bond acceptors (Lipinski definition) is 4. The third-order valence-electron chi connectivity index (χ3n) is 3.59. The van der Waals surface area contributed by atoms with E-state index in [9.17, 15) is 4.39 Å². The molecule has 0 heterocycles. The Morgan fingerprint density at radius 2 is 2.00 bits per heavy atom. The lowest BCUT2D eigenvalue weighted by molar-refractivity contribution is 0.200. The van der Waals surface area contributed by atoms with Crippen LogP contribution in [0.4, 0.5) is 4.39 Å². The molecule has 0 spiro atoms. The standard InChI is InChI=1S/C18H22FNO3/c1-13(16-8-7-15(22-2)11-17(16)19)20-12-14-5-3-4-6-18(14)23-10-9-21/h3-8,11,13,20-21H,9-10,12H2,1-2H3. The molecule has 0 bridgehead atoms. The van der Waals surface area contributed by atoms with Crippen LogP contribution in [0.1, 0.15) is 24.1 Å². The fourth-order valence-corrected chi connectivity index (χ4v) is 2.31. The second kappa shape index (κ2) is 8.50. The lowest BCUT2D eigenvalue weighted by atomic mass is 10.1. The van der Waals surface area contributed by atoms with Crippen LogP contribution in [0.15, 0.2) is 42.5 Å². The predicted molar refractivity (Wildman–Crippen MR) is 87.2 cm³/mol. The highest BCUT2D eigenvalue weighted by Gasteiger charge is 2.12. The zero-order valence-corrected chi connectivity index (χ0v) is 13.4. The summed E-state index contributed by atoms with van der Waals surface area (Å²) in [5, 5.41) is 12.2. The van der Waals surface area contributed by atoms with Gasteiger partial charge in [0.15, 0.2) is 0 Å². The molecule has 0 saturated carbocycles. The fraction of sp³-hybridized carbons (Fsp3) is 0.333. The van der Waals surface area contributed by atoms with E-state index in [0.29, 0.717) is 17.9 Å². The SMILES string of the molecule is COc1ccc(C(C)NCc2ccccc2OCCO)c(F)c1. The van der Waals surface area contributed by atoms with Gasteiger partial charge in [-0.2, -0.15) is 0 Å². The Labute approximate surface area is 135 Å². The molecular formula is C18H22FNO3. The number of benzene rings is 2. The number of ether oxygens (including phenoxy) is 2. The van der Waals surface area contributed by atoms with Gasteiger partial charge in [0.05, 0.1) is 13.7 Å². The van der Waals surface area contributed by atoms with Gasteiger partial charge in [-0.15, -0.1) is 0 Å². The first-order chi connectivity index (χ1) is 11.2. The summed E-state index contributed by atoms with van der Waals surface area (Å²) >= 11 is 0. The van der Waals surface area contributed by atoms with E-state index >= 15 is 0 Å². The summed E-state index contributed by atoms with van der Waals surface area (Å²) in [6.07, 6.45) is 0. The highest BCUT2D eigenvalue weighted by molar-refractivity contribution is 5.34. The number of aliphatic hydroxyl groups excluding tert-OH is 1. The minimum absolute atomic E-state index is 0.0325. The van der Waals surface area contributed by atoms with E-state index in [0.717, 1.165) is 11.3 Å². The Morgan fingerprint density at radius 3 is 2.70 bits per heavy atom. The fourth-order valence-electron chi connectivity index (χ4n) is 2.31. The zero-order chi connectivity index (χ0) is 16.7. The van der Waals surface area contributed by atoms with Crippen molar-refractivity contribution in [1.82, 2.24) is 5.32 Å². The molecule has 124 valence electrons. The van der Waals surface area contributed by atoms with E-state index in [4.69, 9.17) is 14.6 Å². The van der Waals surface area contributed by atoms with Crippen LogP contribution < -0.4 is 14.8 Å². The van der Waals surface area contributed by atoms with Crippen LogP contribution in [0.5, 0.6) is 11.5 Å². The van der Waals surface area contributed by atoms with E-state index in [-0.39, 0.29) is 25.1 Å². The molecule has 1 unspecified atom stereocenters. The van der Waals surface area contributed by atoms with Gasteiger partial charge in [0.1, 0.15) is 23.9 Å². The maximum Gasteiger partial charge on any atom is 0.131 e. The summed E-state index contributed by atoms with van der Waals surface area (Å²) in [5.41, 5.74) is 1.54. The highest BCUT2D eigenvalue weighted by atomic mass is 19.1. The number of hydrogen-bond donors (Lipinski definition) is 2.